The van der Waals surface area contributed by atoms with Crippen LogP contribution in [-0.2, 0) is 16.4 Å². The van der Waals surface area contributed by atoms with Crippen molar-refractivity contribution >= 4 is 44.8 Å². The number of aryl methyl sites for hydroxylation is 1. The second kappa shape index (κ2) is 7.63. The second-order valence-electron chi connectivity index (χ2n) is 6.96. The van der Waals surface area contributed by atoms with Crippen LogP contribution in [0.15, 0.2) is 35.4 Å². The van der Waals surface area contributed by atoms with E-state index in [1.807, 2.05) is 0 Å². The molecule has 9 heteroatoms. The van der Waals surface area contributed by atoms with E-state index in [1.54, 1.807) is 23.1 Å². The molecule has 1 amide bonds. The molecule has 2 aliphatic rings. The summed E-state index contributed by atoms with van der Waals surface area (Å²) in [6, 6.07) is 6.51. The molecule has 6 nitrogen and oxygen atoms in total. The van der Waals surface area contributed by atoms with Crippen molar-refractivity contribution in [3.05, 3.63) is 51.8 Å². The van der Waals surface area contributed by atoms with E-state index in [2.05, 4.69) is 4.98 Å². The van der Waals surface area contributed by atoms with E-state index in [1.165, 1.54) is 16.6 Å². The highest BCUT2D eigenvalue weighted by Gasteiger charge is 2.30. The summed E-state index contributed by atoms with van der Waals surface area (Å²) in [6.07, 6.45) is 4.66. The molecule has 2 aromatic rings. The van der Waals surface area contributed by atoms with Gasteiger partial charge in [0.15, 0.2) is 0 Å². The summed E-state index contributed by atoms with van der Waals surface area (Å²) >= 11 is 11.8. The highest BCUT2D eigenvalue weighted by atomic mass is 35.5. The van der Waals surface area contributed by atoms with Crippen LogP contribution in [0.3, 0.4) is 0 Å². The van der Waals surface area contributed by atoms with Gasteiger partial charge in [-0.1, -0.05) is 23.2 Å². The van der Waals surface area contributed by atoms with E-state index >= 15 is 0 Å². The van der Waals surface area contributed by atoms with Crippen LogP contribution in [0.25, 0.3) is 0 Å². The summed E-state index contributed by atoms with van der Waals surface area (Å²) in [7, 11) is -3.48. The Labute approximate surface area is 174 Å². The Balaban J connectivity index is 1.66. The van der Waals surface area contributed by atoms with Crippen molar-refractivity contribution < 1.29 is 13.2 Å². The van der Waals surface area contributed by atoms with E-state index in [4.69, 9.17) is 23.2 Å². The van der Waals surface area contributed by atoms with Crippen LogP contribution in [0.4, 0.5) is 5.69 Å². The Morgan fingerprint density at radius 3 is 2.50 bits per heavy atom. The number of amides is 1. The maximum absolute atomic E-state index is 13.0. The summed E-state index contributed by atoms with van der Waals surface area (Å²) < 4.78 is 27.2. The summed E-state index contributed by atoms with van der Waals surface area (Å²) in [6.45, 7) is 1.67. The fourth-order valence-corrected chi connectivity index (χ4v) is 5.55. The number of hydrogen-bond donors (Lipinski definition) is 0. The lowest BCUT2D eigenvalue weighted by Gasteiger charge is -2.30. The van der Waals surface area contributed by atoms with Crippen molar-refractivity contribution in [1.82, 2.24) is 9.29 Å². The number of hydrogen-bond acceptors (Lipinski definition) is 4. The Morgan fingerprint density at radius 1 is 1.04 bits per heavy atom. The molecule has 0 saturated carbocycles. The van der Waals surface area contributed by atoms with E-state index in [-0.39, 0.29) is 16.1 Å². The number of benzene rings is 1. The molecule has 0 radical (unpaired) electrons. The summed E-state index contributed by atoms with van der Waals surface area (Å²) in [5.74, 6) is -0.234. The number of sulfonamides is 1. The summed E-state index contributed by atoms with van der Waals surface area (Å²) in [5, 5.41) is 0.367. The van der Waals surface area contributed by atoms with Crippen LogP contribution >= 0.6 is 23.2 Å². The second-order valence-corrected chi connectivity index (χ2v) is 9.66. The van der Waals surface area contributed by atoms with Gasteiger partial charge in [0, 0.05) is 31.5 Å². The number of rotatable bonds is 3. The van der Waals surface area contributed by atoms with Crippen LogP contribution < -0.4 is 4.90 Å². The first-order valence-corrected chi connectivity index (χ1v) is 11.3. The Hall–Kier alpha value is -1.67. The minimum Gasteiger partial charge on any atom is -0.308 e. The van der Waals surface area contributed by atoms with E-state index in [0.717, 1.165) is 36.9 Å². The standard InChI is InChI=1S/C19H19Cl2N3O3S/c20-16-11-14(12-22-18(16)21)19(25)24-9-3-4-13-10-15(5-6-17(13)24)28(26,27)23-7-1-2-8-23/h5-6,10-12H,1-4,7-9H2. The van der Waals surface area contributed by atoms with Crippen LogP contribution in [0.5, 0.6) is 0 Å². The molecule has 1 aromatic carbocycles. The van der Waals surface area contributed by atoms with Crippen molar-refractivity contribution in [2.75, 3.05) is 24.5 Å². The molecule has 28 heavy (non-hydrogen) atoms. The quantitative estimate of drug-likeness (QED) is 0.682. The molecule has 1 fully saturated rings. The molecule has 0 aliphatic carbocycles. The van der Waals surface area contributed by atoms with Crippen molar-refractivity contribution in [3.8, 4) is 0 Å². The topological polar surface area (TPSA) is 70.6 Å². The molecule has 2 aliphatic heterocycles. The van der Waals surface area contributed by atoms with Gasteiger partial charge in [-0.25, -0.2) is 13.4 Å². The Bertz CT molecular complexity index is 1040. The molecule has 4 rings (SSSR count). The monoisotopic (exact) mass is 439 g/mol. The van der Waals surface area contributed by atoms with Gasteiger partial charge in [0.2, 0.25) is 10.0 Å². The fourth-order valence-electron chi connectivity index (χ4n) is 3.72. The molecule has 0 bridgehead atoms. The van der Waals surface area contributed by atoms with Crippen LogP contribution in [-0.4, -0.2) is 43.2 Å². The molecule has 1 aromatic heterocycles. The first kappa shape index (κ1) is 19.6. The minimum absolute atomic E-state index is 0.147. The lowest BCUT2D eigenvalue weighted by atomic mass is 10.0. The van der Waals surface area contributed by atoms with Crippen molar-refractivity contribution in [3.63, 3.8) is 0 Å². The first-order valence-electron chi connectivity index (χ1n) is 9.14. The van der Waals surface area contributed by atoms with Gasteiger partial charge in [0.25, 0.3) is 5.91 Å². The largest absolute Gasteiger partial charge is 0.308 e. The number of pyridine rings is 1. The number of anilines is 1. The fraction of sp³-hybridized carbons (Fsp3) is 0.368. The SMILES string of the molecule is O=C(c1cnc(Cl)c(Cl)c1)N1CCCc2cc(S(=O)(=O)N3CCCC3)ccc21. The van der Waals surface area contributed by atoms with Crippen LogP contribution in [0.1, 0.15) is 35.2 Å². The summed E-state index contributed by atoms with van der Waals surface area (Å²) in [5.41, 5.74) is 1.92. The van der Waals surface area contributed by atoms with Gasteiger partial charge in [0.1, 0.15) is 5.15 Å². The maximum Gasteiger partial charge on any atom is 0.259 e. The van der Waals surface area contributed by atoms with Gasteiger partial charge in [-0.2, -0.15) is 4.31 Å². The smallest absolute Gasteiger partial charge is 0.259 e. The van der Waals surface area contributed by atoms with Crippen molar-refractivity contribution in [1.29, 1.82) is 0 Å². The molecule has 0 atom stereocenters. The van der Waals surface area contributed by atoms with Crippen LogP contribution in [0, 0.1) is 0 Å². The molecule has 0 spiro atoms. The van der Waals surface area contributed by atoms with E-state index in [0.29, 0.717) is 30.1 Å². The van der Waals surface area contributed by atoms with E-state index < -0.39 is 10.0 Å². The maximum atomic E-state index is 13.0. The third-order valence-electron chi connectivity index (χ3n) is 5.16. The van der Waals surface area contributed by atoms with Crippen molar-refractivity contribution in [2.45, 2.75) is 30.6 Å². The molecule has 0 N–H and O–H groups in total. The molecule has 0 unspecified atom stereocenters. The zero-order valence-corrected chi connectivity index (χ0v) is 17.4. The molecule has 148 valence electrons. The van der Waals surface area contributed by atoms with Gasteiger partial charge < -0.3 is 4.90 Å². The number of halogens is 2. The minimum atomic E-state index is -3.48. The van der Waals surface area contributed by atoms with Gasteiger partial charge in [0.05, 0.1) is 15.5 Å². The number of nitrogens with zero attached hydrogens (tertiary/aromatic N) is 3. The lowest BCUT2D eigenvalue weighted by Crippen LogP contribution is -2.36. The Kier molecular flexibility index (Phi) is 5.35. The van der Waals surface area contributed by atoms with Gasteiger partial charge in [-0.3, -0.25) is 4.79 Å². The normalized spacial score (nSPS) is 17.6. The number of aromatic nitrogens is 1. The summed E-state index contributed by atoms with van der Waals surface area (Å²) in [4.78, 5) is 18.9. The van der Waals surface area contributed by atoms with Gasteiger partial charge >= 0.3 is 0 Å². The predicted octanol–water partition coefficient (Wildman–Crippen LogP) is 3.77. The average Bonchev–Trinajstić information content (AvgIpc) is 3.24. The zero-order chi connectivity index (χ0) is 19.9. The molecule has 1 saturated heterocycles. The van der Waals surface area contributed by atoms with Crippen LogP contribution in [0.2, 0.25) is 10.2 Å². The van der Waals surface area contributed by atoms with E-state index in [9.17, 15) is 13.2 Å². The Morgan fingerprint density at radius 2 is 1.79 bits per heavy atom. The highest BCUT2D eigenvalue weighted by Crippen LogP contribution is 2.32. The predicted molar refractivity (Wildman–Crippen MR) is 109 cm³/mol. The highest BCUT2D eigenvalue weighted by molar-refractivity contribution is 7.89. The first-order chi connectivity index (χ1) is 13.4. The third kappa shape index (κ3) is 3.52. The van der Waals surface area contributed by atoms with Gasteiger partial charge in [-0.15, -0.1) is 0 Å². The number of fused-ring (bicyclic) bond motifs is 1. The third-order valence-corrected chi connectivity index (χ3v) is 7.74. The molecular weight excluding hydrogens is 421 g/mol. The number of carbonyl (C=O) groups is 1. The zero-order valence-electron chi connectivity index (χ0n) is 15.1. The molecular formula is C19H19Cl2N3O3S. The lowest BCUT2D eigenvalue weighted by molar-refractivity contribution is 0.0984. The average molecular weight is 440 g/mol. The number of carbonyl (C=O) groups excluding carboxylic acids is 1. The molecule has 3 heterocycles. The van der Waals surface area contributed by atoms with Crippen molar-refractivity contribution in [2.24, 2.45) is 0 Å². The van der Waals surface area contributed by atoms with Gasteiger partial charge in [-0.05, 0) is 55.5 Å².